The van der Waals surface area contributed by atoms with Crippen LogP contribution in [0.15, 0.2) is 48.5 Å². The number of rotatable bonds is 3. The average Bonchev–Trinajstić information content (AvgIpc) is 2.65. The molecule has 0 aliphatic carbocycles. The van der Waals surface area contributed by atoms with E-state index in [1.54, 1.807) is 0 Å². The highest BCUT2D eigenvalue weighted by atomic mass is 35.5. The molecule has 2 heterocycles. The van der Waals surface area contributed by atoms with Crippen molar-refractivity contribution < 1.29 is 0 Å². The summed E-state index contributed by atoms with van der Waals surface area (Å²) in [6, 6.07) is 16.5. The lowest BCUT2D eigenvalue weighted by Gasteiger charge is -2.30. The van der Waals surface area contributed by atoms with Crippen LogP contribution in [0.4, 0.5) is 17.5 Å². The van der Waals surface area contributed by atoms with Crippen LogP contribution < -0.4 is 10.2 Å². The molecule has 0 atom stereocenters. The first kappa shape index (κ1) is 16.9. The Bertz CT molecular complexity index is 954. The standard InChI is InChI=1S/C21H21ClN4/c1-14-12-20(26-11-10-16-6-3-4-7-17(16)13-26)25-21(23-14)24-19-9-5-8-18(22)15(19)2/h3-9,12H,10-11,13H2,1-2H3,(H,23,24,25). The van der Waals surface area contributed by atoms with E-state index in [1.165, 1.54) is 11.1 Å². The van der Waals surface area contributed by atoms with E-state index in [4.69, 9.17) is 16.6 Å². The number of hydrogen-bond donors (Lipinski definition) is 1. The van der Waals surface area contributed by atoms with Gasteiger partial charge in [0.25, 0.3) is 0 Å². The molecule has 0 amide bonds. The average molecular weight is 365 g/mol. The van der Waals surface area contributed by atoms with Crippen molar-refractivity contribution in [2.45, 2.75) is 26.8 Å². The van der Waals surface area contributed by atoms with Gasteiger partial charge < -0.3 is 10.2 Å². The van der Waals surface area contributed by atoms with Crippen LogP contribution >= 0.6 is 11.6 Å². The van der Waals surface area contributed by atoms with Crippen molar-refractivity contribution in [3.05, 3.63) is 75.9 Å². The second-order valence-electron chi connectivity index (χ2n) is 6.67. The van der Waals surface area contributed by atoms with Gasteiger partial charge in [-0.25, -0.2) is 4.98 Å². The molecule has 0 unspecified atom stereocenters. The lowest BCUT2D eigenvalue weighted by molar-refractivity contribution is 0.719. The number of nitrogens with zero attached hydrogens (tertiary/aromatic N) is 3. The second kappa shape index (κ2) is 6.96. The quantitative estimate of drug-likeness (QED) is 0.705. The molecule has 0 saturated heterocycles. The summed E-state index contributed by atoms with van der Waals surface area (Å²) in [5, 5.41) is 4.05. The van der Waals surface area contributed by atoms with E-state index >= 15 is 0 Å². The lowest BCUT2D eigenvalue weighted by atomic mass is 10.00. The van der Waals surface area contributed by atoms with Crippen LogP contribution in [0.2, 0.25) is 5.02 Å². The van der Waals surface area contributed by atoms with Gasteiger partial charge in [0, 0.05) is 35.6 Å². The van der Waals surface area contributed by atoms with E-state index in [9.17, 15) is 0 Å². The Labute approximate surface area is 158 Å². The third-order valence-electron chi connectivity index (χ3n) is 4.81. The molecule has 4 nitrogen and oxygen atoms in total. The lowest BCUT2D eigenvalue weighted by Crippen LogP contribution is -2.31. The minimum absolute atomic E-state index is 0.601. The van der Waals surface area contributed by atoms with Gasteiger partial charge in [-0.05, 0) is 49.1 Å². The van der Waals surface area contributed by atoms with Crippen molar-refractivity contribution in [2.75, 3.05) is 16.8 Å². The highest BCUT2D eigenvalue weighted by Crippen LogP contribution is 2.27. The molecule has 26 heavy (non-hydrogen) atoms. The third kappa shape index (κ3) is 3.37. The molecule has 1 aromatic heterocycles. The van der Waals surface area contributed by atoms with Gasteiger partial charge in [-0.2, -0.15) is 4.98 Å². The van der Waals surface area contributed by atoms with Crippen molar-refractivity contribution in [3.8, 4) is 0 Å². The SMILES string of the molecule is Cc1cc(N2CCc3ccccc3C2)nc(Nc2cccc(Cl)c2C)n1. The fourth-order valence-corrected chi connectivity index (χ4v) is 3.50. The van der Waals surface area contributed by atoms with Crippen molar-refractivity contribution >= 4 is 29.1 Å². The molecule has 3 aromatic rings. The van der Waals surface area contributed by atoms with Crippen molar-refractivity contribution in [3.63, 3.8) is 0 Å². The number of hydrogen-bond acceptors (Lipinski definition) is 4. The van der Waals surface area contributed by atoms with Gasteiger partial charge >= 0.3 is 0 Å². The maximum atomic E-state index is 6.22. The molecule has 0 saturated carbocycles. The van der Waals surface area contributed by atoms with Gasteiger partial charge in [-0.1, -0.05) is 41.9 Å². The number of fused-ring (bicyclic) bond motifs is 1. The molecular weight excluding hydrogens is 344 g/mol. The minimum Gasteiger partial charge on any atom is -0.352 e. The normalized spacial score (nSPS) is 13.4. The van der Waals surface area contributed by atoms with Crippen molar-refractivity contribution in [2.24, 2.45) is 0 Å². The highest BCUT2D eigenvalue weighted by Gasteiger charge is 2.18. The summed E-state index contributed by atoms with van der Waals surface area (Å²) in [6.07, 6.45) is 1.04. The Morgan fingerprint density at radius 3 is 2.65 bits per heavy atom. The Morgan fingerprint density at radius 2 is 1.81 bits per heavy atom. The first-order valence-corrected chi connectivity index (χ1v) is 9.17. The predicted octanol–water partition coefficient (Wildman–Crippen LogP) is 5.05. The Balaban J connectivity index is 1.62. The summed E-state index contributed by atoms with van der Waals surface area (Å²) < 4.78 is 0. The number of aromatic nitrogens is 2. The topological polar surface area (TPSA) is 41.1 Å². The van der Waals surface area contributed by atoms with Gasteiger partial charge in [0.2, 0.25) is 5.95 Å². The molecular formula is C21H21ClN4. The number of benzene rings is 2. The molecule has 1 N–H and O–H groups in total. The van der Waals surface area contributed by atoms with Gasteiger partial charge in [-0.3, -0.25) is 0 Å². The molecule has 0 radical (unpaired) electrons. The zero-order valence-electron chi connectivity index (χ0n) is 15.0. The first-order chi connectivity index (χ1) is 12.6. The number of aryl methyl sites for hydroxylation is 1. The Kier molecular flexibility index (Phi) is 4.51. The zero-order chi connectivity index (χ0) is 18.1. The van der Waals surface area contributed by atoms with E-state index in [1.807, 2.05) is 38.1 Å². The van der Waals surface area contributed by atoms with Crippen LogP contribution in [0.3, 0.4) is 0 Å². The maximum Gasteiger partial charge on any atom is 0.229 e. The smallest absolute Gasteiger partial charge is 0.229 e. The molecule has 132 valence electrons. The molecule has 0 spiro atoms. The zero-order valence-corrected chi connectivity index (χ0v) is 15.7. The highest BCUT2D eigenvalue weighted by molar-refractivity contribution is 6.31. The van der Waals surface area contributed by atoms with Crippen LogP contribution in [-0.2, 0) is 13.0 Å². The monoisotopic (exact) mass is 364 g/mol. The van der Waals surface area contributed by atoms with Crippen LogP contribution in [0.1, 0.15) is 22.4 Å². The summed E-state index contributed by atoms with van der Waals surface area (Å²) in [4.78, 5) is 11.6. The fraction of sp³-hybridized carbons (Fsp3) is 0.238. The molecule has 5 heteroatoms. The van der Waals surface area contributed by atoms with E-state index in [0.717, 1.165) is 47.3 Å². The van der Waals surface area contributed by atoms with Crippen LogP contribution in [0.25, 0.3) is 0 Å². The summed E-state index contributed by atoms with van der Waals surface area (Å²) in [6.45, 7) is 5.83. The largest absolute Gasteiger partial charge is 0.352 e. The van der Waals surface area contributed by atoms with E-state index in [0.29, 0.717) is 5.95 Å². The summed E-state index contributed by atoms with van der Waals surface area (Å²) in [5.41, 5.74) is 5.67. The second-order valence-corrected chi connectivity index (χ2v) is 7.08. The Morgan fingerprint density at radius 1 is 1.00 bits per heavy atom. The van der Waals surface area contributed by atoms with Gasteiger partial charge in [0.15, 0.2) is 0 Å². The van der Waals surface area contributed by atoms with Crippen LogP contribution in [0, 0.1) is 13.8 Å². The predicted molar refractivity (Wildman–Crippen MR) is 107 cm³/mol. The van der Waals surface area contributed by atoms with E-state index < -0.39 is 0 Å². The first-order valence-electron chi connectivity index (χ1n) is 8.80. The molecule has 4 rings (SSSR count). The fourth-order valence-electron chi connectivity index (χ4n) is 3.32. The van der Waals surface area contributed by atoms with Crippen LogP contribution in [-0.4, -0.2) is 16.5 Å². The van der Waals surface area contributed by atoms with E-state index in [2.05, 4.69) is 39.5 Å². The molecule has 0 fully saturated rings. The maximum absolute atomic E-state index is 6.22. The number of halogens is 1. The summed E-state index contributed by atoms with van der Waals surface area (Å²) in [7, 11) is 0. The molecule has 1 aliphatic heterocycles. The number of anilines is 3. The minimum atomic E-state index is 0.601. The Hall–Kier alpha value is -2.59. The van der Waals surface area contributed by atoms with Gasteiger partial charge in [0.05, 0.1) is 0 Å². The molecule has 1 aliphatic rings. The third-order valence-corrected chi connectivity index (χ3v) is 5.22. The van der Waals surface area contributed by atoms with Gasteiger partial charge in [-0.15, -0.1) is 0 Å². The number of nitrogens with one attached hydrogen (secondary N) is 1. The van der Waals surface area contributed by atoms with Crippen molar-refractivity contribution in [1.29, 1.82) is 0 Å². The van der Waals surface area contributed by atoms with Gasteiger partial charge in [0.1, 0.15) is 5.82 Å². The summed E-state index contributed by atoms with van der Waals surface area (Å²) in [5.74, 6) is 1.55. The molecule has 2 aromatic carbocycles. The van der Waals surface area contributed by atoms with Crippen LogP contribution in [0.5, 0.6) is 0 Å². The van der Waals surface area contributed by atoms with E-state index in [-0.39, 0.29) is 0 Å². The van der Waals surface area contributed by atoms with Crippen molar-refractivity contribution in [1.82, 2.24) is 9.97 Å². The summed E-state index contributed by atoms with van der Waals surface area (Å²) >= 11 is 6.22. The molecule has 0 bridgehead atoms.